The zero-order chi connectivity index (χ0) is 18.1. The van der Waals surface area contributed by atoms with E-state index in [0.29, 0.717) is 5.92 Å². The number of hydrogen-bond acceptors (Lipinski definition) is 3. The Bertz CT molecular complexity index is 727. The summed E-state index contributed by atoms with van der Waals surface area (Å²) < 4.78 is 1.83. The van der Waals surface area contributed by atoms with Crippen molar-refractivity contribution in [2.45, 2.75) is 39.2 Å². The molecule has 2 N–H and O–H groups in total. The largest absolute Gasteiger partial charge is 0.356 e. The topological polar surface area (TPSA) is 58.4 Å². The van der Waals surface area contributed by atoms with Gasteiger partial charge >= 0.3 is 0 Å². The van der Waals surface area contributed by atoms with Crippen LogP contribution in [0.25, 0.3) is 0 Å². The van der Waals surface area contributed by atoms with Crippen molar-refractivity contribution in [2.75, 3.05) is 20.1 Å². The molecule has 0 saturated carbocycles. The molecule has 2 aromatic heterocycles. The van der Waals surface area contributed by atoms with Gasteiger partial charge in [-0.2, -0.15) is 11.3 Å². The number of thiophene rings is 1. The summed E-state index contributed by atoms with van der Waals surface area (Å²) in [5.41, 5.74) is 2.45. The van der Waals surface area contributed by atoms with Crippen LogP contribution in [0.1, 0.15) is 36.9 Å². The first kappa shape index (κ1) is 22.7. The Morgan fingerprint density at radius 2 is 2.08 bits per heavy atom. The lowest BCUT2D eigenvalue weighted by Crippen LogP contribution is -2.39. The van der Waals surface area contributed by atoms with Gasteiger partial charge in [0.05, 0.1) is 0 Å². The summed E-state index contributed by atoms with van der Waals surface area (Å²) in [6.45, 7) is 6.64. The normalized spacial score (nSPS) is 12.3. The number of guanidine groups is 1. The molecule has 7 heteroatoms. The van der Waals surface area contributed by atoms with E-state index in [0.717, 1.165) is 44.1 Å². The number of nitrogens with zero attached hydrogens (tertiary/aromatic N) is 2. The van der Waals surface area contributed by atoms with Crippen molar-refractivity contribution in [1.82, 2.24) is 15.2 Å². The van der Waals surface area contributed by atoms with Gasteiger partial charge in [0.25, 0.3) is 5.56 Å². The maximum Gasteiger partial charge on any atom is 0.250 e. The molecule has 0 aromatic carbocycles. The summed E-state index contributed by atoms with van der Waals surface area (Å²) in [6.07, 6.45) is 1.95. The van der Waals surface area contributed by atoms with Crippen LogP contribution in [0.2, 0.25) is 0 Å². The lowest BCUT2D eigenvalue weighted by Gasteiger charge is -2.15. The van der Waals surface area contributed by atoms with E-state index in [-0.39, 0.29) is 29.5 Å². The monoisotopic (exact) mass is 488 g/mol. The molecule has 0 amide bonds. The van der Waals surface area contributed by atoms with Crippen LogP contribution in [-0.2, 0) is 6.54 Å². The fraction of sp³-hybridized carbons (Fsp3) is 0.474. The van der Waals surface area contributed by atoms with Gasteiger partial charge in [0.1, 0.15) is 0 Å². The summed E-state index contributed by atoms with van der Waals surface area (Å²) in [7, 11) is 1.79. The van der Waals surface area contributed by atoms with Crippen molar-refractivity contribution in [3.8, 4) is 0 Å². The molecular formula is C19H29IN4OS. The number of unbranched alkanes of at least 4 members (excludes halogenated alkanes) is 1. The average Bonchev–Trinajstić information content (AvgIpc) is 3.14. The summed E-state index contributed by atoms with van der Waals surface area (Å²) >= 11 is 1.73. The van der Waals surface area contributed by atoms with E-state index in [1.165, 1.54) is 5.56 Å². The second-order valence-electron chi connectivity index (χ2n) is 6.20. The van der Waals surface area contributed by atoms with Gasteiger partial charge in [0.15, 0.2) is 5.96 Å². The third-order valence-corrected chi connectivity index (χ3v) is 4.98. The number of hydrogen-bond donors (Lipinski definition) is 2. The summed E-state index contributed by atoms with van der Waals surface area (Å²) in [4.78, 5) is 16.1. The molecule has 0 aliphatic heterocycles. The molecule has 2 rings (SSSR count). The van der Waals surface area contributed by atoms with Gasteiger partial charge in [-0.05, 0) is 54.1 Å². The number of pyridine rings is 1. The zero-order valence-electron chi connectivity index (χ0n) is 15.7. The van der Waals surface area contributed by atoms with Crippen LogP contribution in [0.3, 0.4) is 0 Å². The smallest absolute Gasteiger partial charge is 0.250 e. The predicted molar refractivity (Wildman–Crippen MR) is 122 cm³/mol. The van der Waals surface area contributed by atoms with E-state index in [2.05, 4.69) is 39.4 Å². The van der Waals surface area contributed by atoms with Gasteiger partial charge in [-0.1, -0.05) is 13.0 Å². The molecule has 0 radical (unpaired) electrons. The van der Waals surface area contributed by atoms with Crippen molar-refractivity contribution in [2.24, 2.45) is 4.99 Å². The maximum absolute atomic E-state index is 11.8. The highest BCUT2D eigenvalue weighted by Gasteiger charge is 2.06. The second-order valence-corrected chi connectivity index (χ2v) is 6.98. The van der Waals surface area contributed by atoms with Crippen LogP contribution in [0.5, 0.6) is 0 Å². The van der Waals surface area contributed by atoms with Gasteiger partial charge in [-0.25, -0.2) is 0 Å². The molecule has 0 spiro atoms. The maximum atomic E-state index is 11.8. The second kappa shape index (κ2) is 12.1. The molecule has 5 nitrogen and oxygen atoms in total. The first-order chi connectivity index (χ1) is 12.1. The van der Waals surface area contributed by atoms with Crippen LogP contribution < -0.4 is 16.2 Å². The first-order valence-corrected chi connectivity index (χ1v) is 9.69. The highest BCUT2D eigenvalue weighted by atomic mass is 127. The third-order valence-electron chi connectivity index (χ3n) is 4.28. The van der Waals surface area contributed by atoms with Gasteiger partial charge in [0, 0.05) is 38.4 Å². The molecular weight excluding hydrogens is 459 g/mol. The van der Waals surface area contributed by atoms with Crippen molar-refractivity contribution >= 4 is 41.3 Å². The summed E-state index contributed by atoms with van der Waals surface area (Å²) in [5.74, 6) is 1.29. The minimum Gasteiger partial charge on any atom is -0.356 e. The summed E-state index contributed by atoms with van der Waals surface area (Å²) in [6, 6.07) is 7.56. The molecule has 0 fully saturated rings. The Balaban J connectivity index is 0.00000338. The van der Waals surface area contributed by atoms with E-state index in [1.807, 2.05) is 23.6 Å². The predicted octanol–water partition coefficient (Wildman–Crippen LogP) is 3.59. The molecule has 2 heterocycles. The molecule has 1 atom stereocenters. The van der Waals surface area contributed by atoms with Gasteiger partial charge in [0.2, 0.25) is 0 Å². The first-order valence-electron chi connectivity index (χ1n) is 8.75. The molecule has 0 aliphatic rings. The SMILES string of the molecule is CN=C(NCCCCn1c(C)cccc1=O)NCC(C)c1ccsc1.I. The van der Waals surface area contributed by atoms with Crippen molar-refractivity contribution in [3.05, 3.63) is 56.6 Å². The van der Waals surface area contributed by atoms with Crippen LogP contribution in [0, 0.1) is 6.92 Å². The van der Waals surface area contributed by atoms with Crippen LogP contribution in [0.4, 0.5) is 0 Å². The number of aliphatic imine (C=N–C) groups is 1. The standard InChI is InChI=1S/C19H28N4OS.HI/c1-15(17-9-12-25-14-17)13-22-19(20-3)21-10-4-5-11-23-16(2)7-6-8-18(23)24;/h6-9,12,14-15H,4-5,10-11,13H2,1-3H3,(H2,20,21,22);1H. The third kappa shape index (κ3) is 7.11. The van der Waals surface area contributed by atoms with Crippen LogP contribution in [0.15, 0.2) is 44.8 Å². The fourth-order valence-electron chi connectivity index (χ4n) is 2.66. The zero-order valence-corrected chi connectivity index (χ0v) is 18.8. The number of halogens is 1. The van der Waals surface area contributed by atoms with E-state index in [1.54, 1.807) is 24.5 Å². The molecule has 26 heavy (non-hydrogen) atoms. The van der Waals surface area contributed by atoms with Gasteiger partial charge in [-0.15, -0.1) is 24.0 Å². The molecule has 2 aromatic rings. The fourth-order valence-corrected chi connectivity index (χ4v) is 3.44. The van der Waals surface area contributed by atoms with E-state index in [9.17, 15) is 4.79 Å². The minimum absolute atomic E-state index is 0. The lowest BCUT2D eigenvalue weighted by atomic mass is 10.1. The number of nitrogens with one attached hydrogen (secondary N) is 2. The lowest BCUT2D eigenvalue weighted by molar-refractivity contribution is 0.574. The number of aromatic nitrogens is 1. The molecule has 0 aliphatic carbocycles. The molecule has 0 saturated heterocycles. The van der Waals surface area contributed by atoms with Gasteiger partial charge < -0.3 is 15.2 Å². The van der Waals surface area contributed by atoms with Crippen molar-refractivity contribution in [1.29, 1.82) is 0 Å². The van der Waals surface area contributed by atoms with Crippen LogP contribution in [-0.4, -0.2) is 30.7 Å². The Morgan fingerprint density at radius 1 is 1.27 bits per heavy atom. The molecule has 1 unspecified atom stereocenters. The molecule has 144 valence electrons. The van der Waals surface area contributed by atoms with E-state index >= 15 is 0 Å². The Hall–Kier alpha value is -1.35. The average molecular weight is 488 g/mol. The highest BCUT2D eigenvalue weighted by molar-refractivity contribution is 14.0. The minimum atomic E-state index is 0. The quantitative estimate of drug-likeness (QED) is 0.259. The van der Waals surface area contributed by atoms with E-state index < -0.39 is 0 Å². The Morgan fingerprint density at radius 3 is 2.73 bits per heavy atom. The Kier molecular flexibility index (Phi) is 10.6. The number of aryl methyl sites for hydroxylation is 1. The Labute approximate surface area is 177 Å². The summed E-state index contributed by atoms with van der Waals surface area (Å²) in [5, 5.41) is 11.0. The molecule has 0 bridgehead atoms. The van der Waals surface area contributed by atoms with Gasteiger partial charge in [-0.3, -0.25) is 9.79 Å². The number of rotatable bonds is 8. The van der Waals surface area contributed by atoms with Crippen molar-refractivity contribution in [3.63, 3.8) is 0 Å². The van der Waals surface area contributed by atoms with Crippen molar-refractivity contribution < 1.29 is 0 Å². The van der Waals surface area contributed by atoms with E-state index in [4.69, 9.17) is 0 Å². The van der Waals surface area contributed by atoms with Crippen LogP contribution >= 0.6 is 35.3 Å². The highest BCUT2D eigenvalue weighted by Crippen LogP contribution is 2.16.